The van der Waals surface area contributed by atoms with Crippen molar-refractivity contribution in [3.05, 3.63) is 65.6 Å². The Hall–Kier alpha value is -3.68. The average molecular weight is 412 g/mol. The Morgan fingerprint density at radius 2 is 1.70 bits per heavy atom. The van der Waals surface area contributed by atoms with Gasteiger partial charge < -0.3 is 14.8 Å². The van der Waals surface area contributed by atoms with E-state index in [0.29, 0.717) is 17.1 Å². The van der Waals surface area contributed by atoms with Crippen molar-refractivity contribution in [2.75, 3.05) is 24.4 Å². The molecule has 156 valence electrons. The number of ether oxygens (including phenoxy) is 2. The van der Waals surface area contributed by atoms with E-state index in [1.54, 1.807) is 31.2 Å². The Labute approximate surface area is 173 Å². The minimum Gasteiger partial charge on any atom is -0.497 e. The van der Waals surface area contributed by atoms with Crippen LogP contribution < -0.4 is 15.0 Å². The summed E-state index contributed by atoms with van der Waals surface area (Å²) in [7, 11) is 2.74. The molecule has 1 unspecified atom stereocenters. The van der Waals surface area contributed by atoms with Crippen LogP contribution in [0, 0.1) is 11.7 Å². The van der Waals surface area contributed by atoms with E-state index in [4.69, 9.17) is 9.47 Å². The summed E-state index contributed by atoms with van der Waals surface area (Å²) in [6.45, 7) is 1.56. The van der Waals surface area contributed by atoms with E-state index in [2.05, 4.69) is 5.32 Å². The lowest BCUT2D eigenvalue weighted by molar-refractivity contribution is -0.138. The molecule has 2 aromatic carbocycles. The number of anilines is 2. The number of methoxy groups -OCH3 is 2. The topological polar surface area (TPSA) is 84.9 Å². The molecule has 8 heteroatoms. The second-order valence-electron chi connectivity index (χ2n) is 6.67. The number of halogens is 1. The van der Waals surface area contributed by atoms with Crippen LogP contribution >= 0.6 is 0 Å². The average Bonchev–Trinajstić information content (AvgIpc) is 2.74. The fourth-order valence-corrected chi connectivity index (χ4v) is 3.38. The highest BCUT2D eigenvalue weighted by Crippen LogP contribution is 2.34. The van der Waals surface area contributed by atoms with Crippen molar-refractivity contribution < 1.29 is 28.2 Å². The first kappa shape index (κ1) is 21.0. The van der Waals surface area contributed by atoms with Crippen molar-refractivity contribution in [1.82, 2.24) is 0 Å². The van der Waals surface area contributed by atoms with E-state index < -0.39 is 23.6 Å². The number of benzene rings is 2. The number of rotatable bonds is 5. The Morgan fingerprint density at radius 1 is 1.07 bits per heavy atom. The van der Waals surface area contributed by atoms with Gasteiger partial charge in [0.25, 0.3) is 0 Å². The predicted octanol–water partition coefficient (Wildman–Crippen LogP) is 3.27. The van der Waals surface area contributed by atoms with Crippen LogP contribution in [0.2, 0.25) is 0 Å². The largest absolute Gasteiger partial charge is 0.497 e. The molecule has 0 fully saturated rings. The molecule has 1 atom stereocenters. The summed E-state index contributed by atoms with van der Waals surface area (Å²) in [5.74, 6) is -2.45. The van der Waals surface area contributed by atoms with Gasteiger partial charge in [0.15, 0.2) is 0 Å². The summed E-state index contributed by atoms with van der Waals surface area (Å²) < 4.78 is 23.2. The summed E-state index contributed by atoms with van der Waals surface area (Å²) in [4.78, 5) is 39.6. The van der Waals surface area contributed by atoms with Crippen LogP contribution in [0.3, 0.4) is 0 Å². The predicted molar refractivity (Wildman–Crippen MR) is 108 cm³/mol. The van der Waals surface area contributed by atoms with E-state index >= 15 is 0 Å². The van der Waals surface area contributed by atoms with Gasteiger partial charge in [0.2, 0.25) is 11.8 Å². The molecule has 1 heterocycles. The molecule has 3 rings (SSSR count). The first-order valence-corrected chi connectivity index (χ1v) is 9.18. The number of hydrogen-bond acceptors (Lipinski definition) is 5. The standard InChI is InChI=1S/C22H21FN2O5/c1-13-20(22(28)30-3)18(21(27)24-15-6-10-17(29-2)11-7-15)12-19(26)25(13)16-8-4-14(23)5-9-16/h4-11,18H,12H2,1-3H3,(H,24,27). The molecular weight excluding hydrogens is 391 g/mol. The van der Waals surface area contributed by atoms with Gasteiger partial charge in [0.05, 0.1) is 25.7 Å². The minimum atomic E-state index is -1.02. The van der Waals surface area contributed by atoms with Gasteiger partial charge in [-0.1, -0.05) is 0 Å². The van der Waals surface area contributed by atoms with Crippen molar-refractivity contribution in [3.63, 3.8) is 0 Å². The van der Waals surface area contributed by atoms with E-state index in [-0.39, 0.29) is 23.6 Å². The van der Waals surface area contributed by atoms with Gasteiger partial charge in [-0.15, -0.1) is 0 Å². The number of carbonyl (C=O) groups excluding carboxylic acids is 3. The third kappa shape index (κ3) is 4.17. The molecule has 0 bridgehead atoms. The van der Waals surface area contributed by atoms with Crippen LogP contribution in [0.15, 0.2) is 59.8 Å². The normalized spacial score (nSPS) is 16.3. The lowest BCUT2D eigenvalue weighted by atomic mass is 9.88. The Bertz CT molecular complexity index is 999. The molecule has 1 aliphatic rings. The van der Waals surface area contributed by atoms with Crippen molar-refractivity contribution >= 4 is 29.2 Å². The van der Waals surface area contributed by atoms with E-state index in [1.807, 2.05) is 0 Å². The molecule has 0 aromatic heterocycles. The van der Waals surface area contributed by atoms with Crippen LogP contribution in [-0.2, 0) is 19.1 Å². The van der Waals surface area contributed by atoms with Crippen molar-refractivity contribution in [2.45, 2.75) is 13.3 Å². The van der Waals surface area contributed by atoms with Crippen LogP contribution in [0.5, 0.6) is 5.75 Å². The van der Waals surface area contributed by atoms with E-state index in [9.17, 15) is 18.8 Å². The smallest absolute Gasteiger partial charge is 0.336 e. The molecule has 2 amide bonds. The van der Waals surface area contributed by atoms with Gasteiger partial charge in [-0.2, -0.15) is 0 Å². The maximum Gasteiger partial charge on any atom is 0.336 e. The number of hydrogen-bond donors (Lipinski definition) is 1. The van der Waals surface area contributed by atoms with Gasteiger partial charge >= 0.3 is 5.97 Å². The van der Waals surface area contributed by atoms with E-state index in [0.717, 1.165) is 0 Å². The molecule has 0 saturated heterocycles. The van der Waals surface area contributed by atoms with Crippen molar-refractivity contribution in [1.29, 1.82) is 0 Å². The Balaban J connectivity index is 1.95. The zero-order valence-corrected chi connectivity index (χ0v) is 16.8. The Kier molecular flexibility index (Phi) is 6.15. The van der Waals surface area contributed by atoms with Gasteiger partial charge in [0, 0.05) is 23.5 Å². The molecule has 7 nitrogen and oxygen atoms in total. The maximum absolute atomic E-state index is 13.3. The number of allylic oxidation sites excluding steroid dienone is 1. The summed E-state index contributed by atoms with van der Waals surface area (Å²) in [6.07, 6.45) is -0.235. The molecule has 2 aromatic rings. The molecule has 30 heavy (non-hydrogen) atoms. The molecule has 0 radical (unpaired) electrons. The monoisotopic (exact) mass is 412 g/mol. The molecule has 1 N–H and O–H groups in total. The number of amides is 2. The summed E-state index contributed by atoms with van der Waals surface area (Å²) in [5.41, 5.74) is 1.23. The third-order valence-electron chi connectivity index (χ3n) is 4.87. The molecular formula is C22H21FN2O5. The van der Waals surface area contributed by atoms with Crippen molar-refractivity contribution in [3.8, 4) is 5.75 Å². The number of nitrogens with zero attached hydrogens (tertiary/aromatic N) is 1. The van der Waals surface area contributed by atoms with Crippen LogP contribution in [-0.4, -0.2) is 32.0 Å². The number of carbonyl (C=O) groups is 3. The molecule has 0 spiro atoms. The Morgan fingerprint density at radius 3 is 2.27 bits per heavy atom. The fraction of sp³-hybridized carbons (Fsp3) is 0.227. The zero-order valence-electron chi connectivity index (χ0n) is 16.8. The lowest BCUT2D eigenvalue weighted by Gasteiger charge is -2.33. The van der Waals surface area contributed by atoms with Crippen molar-refractivity contribution in [2.24, 2.45) is 5.92 Å². The first-order valence-electron chi connectivity index (χ1n) is 9.18. The quantitative estimate of drug-likeness (QED) is 0.762. The van der Waals surface area contributed by atoms with Gasteiger partial charge in [-0.05, 0) is 55.5 Å². The third-order valence-corrected chi connectivity index (χ3v) is 4.87. The number of esters is 1. The highest BCUT2D eigenvalue weighted by molar-refractivity contribution is 6.10. The second kappa shape index (κ2) is 8.77. The van der Waals surface area contributed by atoms with Gasteiger partial charge in [-0.25, -0.2) is 9.18 Å². The lowest BCUT2D eigenvalue weighted by Crippen LogP contribution is -2.43. The van der Waals surface area contributed by atoms with Crippen LogP contribution in [0.4, 0.5) is 15.8 Å². The highest BCUT2D eigenvalue weighted by atomic mass is 19.1. The molecule has 1 aliphatic heterocycles. The van der Waals surface area contributed by atoms with Gasteiger partial charge in [0.1, 0.15) is 11.6 Å². The zero-order chi connectivity index (χ0) is 21.8. The van der Waals surface area contributed by atoms with Gasteiger partial charge in [-0.3, -0.25) is 14.5 Å². The summed E-state index contributed by atoms with van der Waals surface area (Å²) in [5, 5.41) is 2.72. The minimum absolute atomic E-state index is 0.0763. The summed E-state index contributed by atoms with van der Waals surface area (Å²) >= 11 is 0. The molecule has 0 saturated carbocycles. The number of nitrogens with one attached hydrogen (secondary N) is 1. The highest BCUT2D eigenvalue weighted by Gasteiger charge is 2.40. The van der Waals surface area contributed by atoms with Crippen LogP contribution in [0.1, 0.15) is 13.3 Å². The SMILES string of the molecule is COC(=O)C1=C(C)N(c2ccc(F)cc2)C(=O)CC1C(=O)Nc1ccc(OC)cc1. The van der Waals surface area contributed by atoms with E-state index in [1.165, 1.54) is 43.4 Å². The second-order valence-corrected chi connectivity index (χ2v) is 6.67. The maximum atomic E-state index is 13.3. The fourth-order valence-electron chi connectivity index (χ4n) is 3.38. The molecule has 0 aliphatic carbocycles. The van der Waals surface area contributed by atoms with Crippen LogP contribution in [0.25, 0.3) is 0 Å². The first-order chi connectivity index (χ1) is 14.3. The summed E-state index contributed by atoms with van der Waals surface area (Å²) in [6, 6.07) is 12.0.